The van der Waals surface area contributed by atoms with E-state index in [1.54, 1.807) is 55.1 Å². The summed E-state index contributed by atoms with van der Waals surface area (Å²) in [6.45, 7) is 6.20. The number of hydrogen-bond donors (Lipinski definition) is 2. The van der Waals surface area contributed by atoms with Gasteiger partial charge in [-0.05, 0) is 50.1 Å². The molecule has 1 aromatic carbocycles. The second kappa shape index (κ2) is 9.30. The highest BCUT2D eigenvalue weighted by molar-refractivity contribution is 6.02. The molecule has 158 valence electrons. The zero-order valence-electron chi connectivity index (χ0n) is 17.2. The smallest absolute Gasteiger partial charge is 0.338 e. The molecule has 30 heavy (non-hydrogen) atoms. The van der Waals surface area contributed by atoms with Crippen LogP contribution in [0.15, 0.2) is 58.3 Å². The van der Waals surface area contributed by atoms with E-state index in [1.807, 2.05) is 6.92 Å². The molecule has 3 rings (SSSR count). The van der Waals surface area contributed by atoms with Crippen LogP contribution in [0, 0.1) is 0 Å². The largest absolute Gasteiger partial charge is 0.463 e. The summed E-state index contributed by atoms with van der Waals surface area (Å²) < 4.78 is 10.3. The van der Waals surface area contributed by atoms with E-state index >= 15 is 0 Å². The first kappa shape index (κ1) is 21.2. The number of amides is 3. The molecule has 1 aliphatic heterocycles. The highest BCUT2D eigenvalue weighted by Crippen LogP contribution is 2.32. The molecule has 0 radical (unpaired) electrons. The number of carbonyl (C=O) groups excluding carboxylic acids is 3. The Bertz CT molecular complexity index is 948. The molecular weight excluding hydrogens is 386 g/mol. The van der Waals surface area contributed by atoms with Crippen molar-refractivity contribution < 1.29 is 23.5 Å². The van der Waals surface area contributed by atoms with Crippen LogP contribution in [0.3, 0.4) is 0 Å². The van der Waals surface area contributed by atoms with Crippen molar-refractivity contribution in [2.45, 2.75) is 33.2 Å². The summed E-state index contributed by atoms with van der Waals surface area (Å²) in [4.78, 5) is 39.0. The summed E-state index contributed by atoms with van der Waals surface area (Å²) >= 11 is 0. The van der Waals surface area contributed by atoms with Crippen molar-refractivity contribution in [1.82, 2.24) is 10.2 Å². The molecule has 0 saturated heterocycles. The maximum Gasteiger partial charge on any atom is 0.338 e. The molecular formula is C22H25N3O5. The van der Waals surface area contributed by atoms with Gasteiger partial charge >= 0.3 is 12.0 Å². The van der Waals surface area contributed by atoms with Gasteiger partial charge in [-0.25, -0.2) is 9.59 Å². The number of esters is 1. The number of ether oxygens (including phenoxy) is 1. The molecule has 8 heteroatoms. The van der Waals surface area contributed by atoms with Crippen molar-refractivity contribution in [2.75, 3.05) is 18.5 Å². The van der Waals surface area contributed by atoms with Crippen LogP contribution in [0.4, 0.5) is 10.5 Å². The van der Waals surface area contributed by atoms with Gasteiger partial charge in [0.25, 0.3) is 5.91 Å². The van der Waals surface area contributed by atoms with Gasteiger partial charge < -0.3 is 19.8 Å². The van der Waals surface area contributed by atoms with E-state index in [4.69, 9.17) is 9.15 Å². The second-order valence-corrected chi connectivity index (χ2v) is 6.81. The molecule has 0 aliphatic carbocycles. The van der Waals surface area contributed by atoms with Crippen molar-refractivity contribution >= 4 is 23.6 Å². The van der Waals surface area contributed by atoms with Gasteiger partial charge in [-0.15, -0.1) is 0 Å². The fourth-order valence-corrected chi connectivity index (χ4v) is 3.36. The minimum Gasteiger partial charge on any atom is -0.463 e. The Balaban J connectivity index is 1.87. The Morgan fingerprint density at radius 3 is 2.53 bits per heavy atom. The minimum atomic E-state index is -0.639. The van der Waals surface area contributed by atoms with Crippen molar-refractivity contribution in [3.05, 3.63) is 65.3 Å². The molecule has 1 aliphatic rings. The lowest BCUT2D eigenvalue weighted by Gasteiger charge is -2.35. The zero-order chi connectivity index (χ0) is 21.7. The fraction of sp³-hybridized carbons (Fsp3) is 0.318. The topological polar surface area (TPSA) is 101 Å². The highest BCUT2D eigenvalue weighted by atomic mass is 16.5. The summed E-state index contributed by atoms with van der Waals surface area (Å²) in [7, 11) is 0. The molecule has 2 aromatic rings. The van der Waals surface area contributed by atoms with Gasteiger partial charge in [0.1, 0.15) is 0 Å². The standard InChI is InChI=1S/C22H25N3O5/c1-4-12-25-14(3)18(21(27)29-5-2)19(24-22(25)28)15-8-10-16(11-9-15)23-20(26)17-7-6-13-30-17/h6-11,13,19H,4-5,12H2,1-3H3,(H,23,26)(H,24,28). The maximum absolute atomic E-state index is 12.7. The van der Waals surface area contributed by atoms with Crippen molar-refractivity contribution in [2.24, 2.45) is 0 Å². The molecule has 0 bridgehead atoms. The lowest BCUT2D eigenvalue weighted by atomic mass is 9.94. The Hall–Kier alpha value is -3.55. The number of carbonyl (C=O) groups is 3. The lowest BCUT2D eigenvalue weighted by Crippen LogP contribution is -2.48. The average molecular weight is 411 g/mol. The zero-order valence-corrected chi connectivity index (χ0v) is 17.2. The molecule has 1 aromatic heterocycles. The molecule has 0 spiro atoms. The van der Waals surface area contributed by atoms with Gasteiger partial charge in [-0.1, -0.05) is 19.1 Å². The predicted octanol–water partition coefficient (Wildman–Crippen LogP) is 3.85. The summed E-state index contributed by atoms with van der Waals surface area (Å²) in [5, 5.41) is 5.63. The van der Waals surface area contributed by atoms with Gasteiger partial charge in [0, 0.05) is 17.9 Å². The third kappa shape index (κ3) is 4.37. The monoisotopic (exact) mass is 411 g/mol. The van der Waals surface area contributed by atoms with Crippen LogP contribution in [0.5, 0.6) is 0 Å². The number of anilines is 1. The van der Waals surface area contributed by atoms with Crippen LogP contribution in [-0.2, 0) is 9.53 Å². The SMILES string of the molecule is CCCN1C(=O)NC(c2ccc(NC(=O)c3ccco3)cc2)C(C(=O)OCC)=C1C. The molecule has 8 nitrogen and oxygen atoms in total. The second-order valence-electron chi connectivity index (χ2n) is 6.81. The van der Waals surface area contributed by atoms with Crippen LogP contribution < -0.4 is 10.6 Å². The van der Waals surface area contributed by atoms with E-state index in [9.17, 15) is 14.4 Å². The van der Waals surface area contributed by atoms with Gasteiger partial charge in [0.15, 0.2) is 5.76 Å². The minimum absolute atomic E-state index is 0.206. The van der Waals surface area contributed by atoms with Gasteiger partial charge in [-0.3, -0.25) is 9.69 Å². The number of nitrogens with zero attached hydrogens (tertiary/aromatic N) is 1. The van der Waals surface area contributed by atoms with Crippen molar-refractivity contribution in [3.8, 4) is 0 Å². The van der Waals surface area contributed by atoms with E-state index in [1.165, 1.54) is 6.26 Å². The van der Waals surface area contributed by atoms with E-state index in [0.29, 0.717) is 29.1 Å². The van der Waals surface area contributed by atoms with Gasteiger partial charge in [-0.2, -0.15) is 0 Å². The normalized spacial score (nSPS) is 16.3. The summed E-state index contributed by atoms with van der Waals surface area (Å²) in [6, 6.07) is 9.23. The average Bonchev–Trinajstić information content (AvgIpc) is 3.26. The molecule has 0 saturated carbocycles. The highest BCUT2D eigenvalue weighted by Gasteiger charge is 2.36. The lowest BCUT2D eigenvalue weighted by molar-refractivity contribution is -0.139. The first-order chi connectivity index (χ1) is 14.5. The van der Waals surface area contributed by atoms with Gasteiger partial charge in [0.2, 0.25) is 0 Å². The summed E-state index contributed by atoms with van der Waals surface area (Å²) in [5.41, 5.74) is 2.25. The Kier molecular flexibility index (Phi) is 6.56. The van der Waals surface area contributed by atoms with Crippen LogP contribution in [-0.4, -0.2) is 36.0 Å². The van der Waals surface area contributed by atoms with E-state index < -0.39 is 12.0 Å². The predicted molar refractivity (Wildman–Crippen MR) is 111 cm³/mol. The van der Waals surface area contributed by atoms with Crippen LogP contribution >= 0.6 is 0 Å². The number of hydrogen-bond acceptors (Lipinski definition) is 5. The molecule has 3 amide bonds. The number of furan rings is 1. The van der Waals surface area contributed by atoms with E-state index in [-0.39, 0.29) is 24.3 Å². The third-order valence-corrected chi connectivity index (χ3v) is 4.79. The molecule has 0 fully saturated rings. The molecule has 2 N–H and O–H groups in total. The third-order valence-electron chi connectivity index (χ3n) is 4.79. The summed E-state index contributed by atoms with van der Waals surface area (Å²) in [5.74, 6) is -0.619. The summed E-state index contributed by atoms with van der Waals surface area (Å²) in [6.07, 6.45) is 2.19. The fourth-order valence-electron chi connectivity index (χ4n) is 3.36. The van der Waals surface area contributed by atoms with E-state index in [0.717, 1.165) is 6.42 Å². The molecule has 1 unspecified atom stereocenters. The molecule has 2 heterocycles. The number of allylic oxidation sites excluding steroid dienone is 1. The van der Waals surface area contributed by atoms with Crippen LogP contribution in [0.1, 0.15) is 49.4 Å². The quantitative estimate of drug-likeness (QED) is 0.674. The molecule has 1 atom stereocenters. The number of urea groups is 1. The van der Waals surface area contributed by atoms with E-state index in [2.05, 4.69) is 10.6 Å². The maximum atomic E-state index is 12.7. The van der Waals surface area contributed by atoms with Gasteiger partial charge in [0.05, 0.1) is 24.5 Å². The van der Waals surface area contributed by atoms with Crippen molar-refractivity contribution in [3.63, 3.8) is 0 Å². The number of nitrogens with one attached hydrogen (secondary N) is 2. The van der Waals surface area contributed by atoms with Crippen molar-refractivity contribution in [1.29, 1.82) is 0 Å². The Morgan fingerprint density at radius 2 is 1.93 bits per heavy atom. The first-order valence-corrected chi connectivity index (χ1v) is 9.87. The Morgan fingerprint density at radius 1 is 1.20 bits per heavy atom. The number of rotatable bonds is 7. The van der Waals surface area contributed by atoms with Crippen LogP contribution in [0.2, 0.25) is 0 Å². The first-order valence-electron chi connectivity index (χ1n) is 9.87. The van der Waals surface area contributed by atoms with Crippen LogP contribution in [0.25, 0.3) is 0 Å². The Labute approximate surface area is 174 Å². The number of benzene rings is 1.